The molecule has 0 saturated carbocycles. The molecule has 1 aliphatic rings. The molecule has 1 fully saturated rings. The number of nitrogens with zero attached hydrogens (tertiary/aromatic N) is 3. The summed E-state index contributed by atoms with van der Waals surface area (Å²) in [5.41, 5.74) is -0.447. The van der Waals surface area contributed by atoms with Crippen LogP contribution < -0.4 is 10.2 Å². The summed E-state index contributed by atoms with van der Waals surface area (Å²) < 4.78 is 38.1. The van der Waals surface area contributed by atoms with Crippen molar-refractivity contribution in [2.45, 2.75) is 32.1 Å². The van der Waals surface area contributed by atoms with Gasteiger partial charge in [0.15, 0.2) is 5.13 Å². The van der Waals surface area contributed by atoms with Crippen LogP contribution in [-0.2, 0) is 6.18 Å². The van der Waals surface area contributed by atoms with Crippen molar-refractivity contribution in [3.63, 3.8) is 0 Å². The van der Waals surface area contributed by atoms with Crippen LogP contribution >= 0.6 is 11.3 Å². The highest BCUT2D eigenvalue weighted by atomic mass is 32.1. The summed E-state index contributed by atoms with van der Waals surface area (Å²) in [6.07, 6.45) is -3.52. The van der Waals surface area contributed by atoms with E-state index in [0.29, 0.717) is 16.4 Å². The van der Waals surface area contributed by atoms with Crippen LogP contribution in [0.25, 0.3) is 10.3 Å². The number of pyridine rings is 1. The third-order valence-electron chi connectivity index (χ3n) is 3.57. The van der Waals surface area contributed by atoms with Crippen LogP contribution in [0.1, 0.15) is 19.4 Å². The Morgan fingerprint density at radius 3 is 2.86 bits per heavy atom. The zero-order valence-electron chi connectivity index (χ0n) is 11.6. The summed E-state index contributed by atoms with van der Waals surface area (Å²) in [5.74, 6) is 0. The Balaban J connectivity index is 1.97. The highest BCUT2D eigenvalue weighted by Gasteiger charge is 2.32. The molecule has 1 saturated heterocycles. The molecule has 0 unspecified atom stereocenters. The molecular formula is C13H15F3N4S. The van der Waals surface area contributed by atoms with E-state index < -0.39 is 11.7 Å². The molecule has 0 amide bonds. The Morgan fingerprint density at radius 2 is 2.14 bits per heavy atom. The number of hydrogen-bond donors (Lipinski definition) is 1. The van der Waals surface area contributed by atoms with Gasteiger partial charge in [-0.05, 0) is 19.9 Å². The molecule has 0 aliphatic carbocycles. The van der Waals surface area contributed by atoms with E-state index in [1.165, 1.54) is 11.3 Å². The number of fused-ring (bicyclic) bond motifs is 1. The van der Waals surface area contributed by atoms with Crippen LogP contribution in [0, 0.1) is 0 Å². The largest absolute Gasteiger partial charge is 0.417 e. The molecule has 4 nitrogen and oxygen atoms in total. The Bertz CT molecular complexity index is 654. The minimum Gasteiger partial charge on any atom is -0.342 e. The van der Waals surface area contributed by atoms with E-state index in [0.717, 1.165) is 30.5 Å². The molecule has 2 aromatic rings. The number of halogens is 3. The molecule has 8 heteroatoms. The fourth-order valence-corrected chi connectivity index (χ4v) is 3.38. The second-order valence-electron chi connectivity index (χ2n) is 5.35. The lowest BCUT2D eigenvalue weighted by Crippen LogP contribution is -2.54. The third kappa shape index (κ3) is 2.82. The van der Waals surface area contributed by atoms with Crippen molar-refractivity contribution in [1.29, 1.82) is 0 Å². The summed E-state index contributed by atoms with van der Waals surface area (Å²) in [7, 11) is 0. The first-order valence-corrected chi connectivity index (χ1v) is 7.50. The Kier molecular flexibility index (Phi) is 3.53. The summed E-state index contributed by atoms with van der Waals surface area (Å²) in [4.78, 5) is 10.9. The minimum absolute atomic E-state index is 0.254. The molecule has 3 heterocycles. The number of rotatable bonds is 1. The maximum atomic E-state index is 12.7. The predicted octanol–water partition coefficient (Wildman–Crippen LogP) is 2.90. The zero-order chi connectivity index (χ0) is 15.2. The Hall–Kier alpha value is -1.41. The van der Waals surface area contributed by atoms with Gasteiger partial charge in [-0.15, -0.1) is 0 Å². The average molecular weight is 316 g/mol. The van der Waals surface area contributed by atoms with Gasteiger partial charge in [-0.2, -0.15) is 13.2 Å². The molecule has 2 atom stereocenters. The number of hydrogen-bond acceptors (Lipinski definition) is 5. The van der Waals surface area contributed by atoms with Crippen molar-refractivity contribution >= 4 is 26.8 Å². The summed E-state index contributed by atoms with van der Waals surface area (Å²) in [6.45, 7) is 5.76. The maximum Gasteiger partial charge on any atom is 0.417 e. The zero-order valence-corrected chi connectivity index (χ0v) is 12.4. The Labute approximate surface area is 124 Å². The fraction of sp³-hybridized carbons (Fsp3) is 0.538. The van der Waals surface area contributed by atoms with Crippen LogP contribution in [0.4, 0.5) is 18.3 Å². The van der Waals surface area contributed by atoms with Crippen molar-refractivity contribution in [3.05, 3.63) is 17.8 Å². The molecule has 114 valence electrons. The highest BCUT2D eigenvalue weighted by Crippen LogP contribution is 2.34. The summed E-state index contributed by atoms with van der Waals surface area (Å²) >= 11 is 1.34. The van der Waals surface area contributed by atoms with Gasteiger partial charge in [0, 0.05) is 31.4 Å². The summed E-state index contributed by atoms with van der Waals surface area (Å²) in [5, 5.41) is 4.10. The van der Waals surface area contributed by atoms with E-state index in [4.69, 9.17) is 0 Å². The molecule has 3 rings (SSSR count). The van der Waals surface area contributed by atoms with Gasteiger partial charge < -0.3 is 10.2 Å². The molecule has 1 N–H and O–H groups in total. The van der Waals surface area contributed by atoms with Crippen LogP contribution in [0.15, 0.2) is 12.3 Å². The van der Waals surface area contributed by atoms with Gasteiger partial charge in [-0.1, -0.05) is 11.3 Å². The van der Waals surface area contributed by atoms with E-state index >= 15 is 0 Å². The van der Waals surface area contributed by atoms with E-state index in [-0.39, 0.29) is 6.04 Å². The number of piperazine rings is 1. The third-order valence-corrected chi connectivity index (χ3v) is 4.59. The van der Waals surface area contributed by atoms with Gasteiger partial charge in [0.1, 0.15) is 10.3 Å². The topological polar surface area (TPSA) is 41.1 Å². The second-order valence-corrected chi connectivity index (χ2v) is 6.31. The summed E-state index contributed by atoms with van der Waals surface area (Å²) in [6, 6.07) is 1.65. The standard InChI is InChI=1S/C13H15F3N4S/c1-7-6-20(8(2)4-17-7)12-19-10-3-9(13(14,15)16)5-18-11(10)21-12/h3,5,7-8,17H,4,6H2,1-2H3/t7-,8+/m1/s1. The first kappa shape index (κ1) is 14.5. The predicted molar refractivity (Wildman–Crippen MR) is 76.7 cm³/mol. The number of thiazole rings is 1. The molecule has 2 aromatic heterocycles. The molecule has 0 radical (unpaired) electrons. The van der Waals surface area contributed by atoms with Gasteiger partial charge in [-0.3, -0.25) is 0 Å². The number of anilines is 1. The lowest BCUT2D eigenvalue weighted by atomic mass is 10.1. The minimum atomic E-state index is -4.39. The van der Waals surface area contributed by atoms with E-state index in [9.17, 15) is 13.2 Å². The van der Waals surface area contributed by atoms with Gasteiger partial charge >= 0.3 is 6.18 Å². The average Bonchev–Trinajstić information content (AvgIpc) is 2.83. The molecule has 21 heavy (non-hydrogen) atoms. The van der Waals surface area contributed by atoms with Crippen molar-refractivity contribution in [3.8, 4) is 0 Å². The van der Waals surface area contributed by atoms with Gasteiger partial charge in [0.25, 0.3) is 0 Å². The maximum absolute atomic E-state index is 12.7. The van der Waals surface area contributed by atoms with E-state index in [2.05, 4.69) is 34.0 Å². The molecule has 0 spiro atoms. The van der Waals surface area contributed by atoms with Crippen molar-refractivity contribution in [2.24, 2.45) is 0 Å². The van der Waals surface area contributed by atoms with Crippen molar-refractivity contribution in [1.82, 2.24) is 15.3 Å². The lowest BCUT2D eigenvalue weighted by molar-refractivity contribution is -0.137. The smallest absolute Gasteiger partial charge is 0.342 e. The number of alkyl halides is 3. The molecule has 1 aliphatic heterocycles. The molecule has 0 aromatic carbocycles. The number of nitrogens with one attached hydrogen (secondary N) is 1. The highest BCUT2D eigenvalue weighted by molar-refractivity contribution is 7.21. The Morgan fingerprint density at radius 1 is 1.38 bits per heavy atom. The SMILES string of the molecule is C[C@@H]1CN(c2nc3cc(C(F)(F)F)cnc3s2)[C@@H](C)CN1. The van der Waals surface area contributed by atoms with Crippen molar-refractivity contribution in [2.75, 3.05) is 18.0 Å². The fourth-order valence-electron chi connectivity index (χ4n) is 2.38. The van der Waals surface area contributed by atoms with Crippen LogP contribution in [-0.4, -0.2) is 35.1 Å². The van der Waals surface area contributed by atoms with Crippen molar-refractivity contribution < 1.29 is 13.2 Å². The van der Waals surface area contributed by atoms with Crippen LogP contribution in [0.3, 0.4) is 0 Å². The number of aromatic nitrogens is 2. The first-order valence-electron chi connectivity index (χ1n) is 6.68. The molecular weight excluding hydrogens is 301 g/mol. The van der Waals surface area contributed by atoms with Gasteiger partial charge in [0.2, 0.25) is 0 Å². The normalized spacial score (nSPS) is 23.8. The van der Waals surface area contributed by atoms with Gasteiger partial charge in [-0.25, -0.2) is 9.97 Å². The van der Waals surface area contributed by atoms with E-state index in [1.807, 2.05) is 0 Å². The van der Waals surface area contributed by atoms with Crippen LogP contribution in [0.2, 0.25) is 0 Å². The molecule has 0 bridgehead atoms. The monoisotopic (exact) mass is 316 g/mol. The quantitative estimate of drug-likeness (QED) is 0.878. The van der Waals surface area contributed by atoms with E-state index in [1.54, 1.807) is 0 Å². The van der Waals surface area contributed by atoms with Crippen LogP contribution in [0.5, 0.6) is 0 Å². The first-order chi connectivity index (χ1) is 9.84. The lowest BCUT2D eigenvalue weighted by Gasteiger charge is -2.37. The second kappa shape index (κ2) is 5.10. The van der Waals surface area contributed by atoms with Gasteiger partial charge in [0.05, 0.1) is 5.56 Å².